The normalized spacial score (nSPS) is 23.2. The van der Waals surface area contributed by atoms with Crippen LogP contribution in [0, 0.1) is 18.8 Å². The quantitative estimate of drug-likeness (QED) is 0.761. The first-order valence-electron chi connectivity index (χ1n) is 9.91. The number of hydrogen-bond acceptors (Lipinski definition) is 3. The monoisotopic (exact) mass is 432 g/mol. The van der Waals surface area contributed by atoms with Crippen LogP contribution in [0.3, 0.4) is 0 Å². The van der Waals surface area contributed by atoms with Crippen LogP contribution in [0.1, 0.15) is 41.6 Å². The fraction of sp³-hybridized carbons (Fsp3) is 0.409. The summed E-state index contributed by atoms with van der Waals surface area (Å²) in [4.78, 5) is 12.9. The van der Waals surface area contributed by atoms with Gasteiger partial charge in [0.05, 0.1) is 21.2 Å². The van der Waals surface area contributed by atoms with Crippen LogP contribution in [-0.4, -0.2) is 27.4 Å². The Labute approximate surface area is 177 Å². The van der Waals surface area contributed by atoms with E-state index in [4.69, 9.17) is 11.6 Å². The molecule has 0 spiro atoms. The van der Waals surface area contributed by atoms with Crippen LogP contribution in [0.2, 0.25) is 5.02 Å². The van der Waals surface area contributed by atoms with Gasteiger partial charge in [0.1, 0.15) is 0 Å². The average molecular weight is 433 g/mol. The van der Waals surface area contributed by atoms with E-state index in [-0.39, 0.29) is 21.9 Å². The Morgan fingerprint density at radius 1 is 1.10 bits per heavy atom. The number of nitrogens with one attached hydrogen (secondary N) is 1. The zero-order valence-electron chi connectivity index (χ0n) is 16.6. The Morgan fingerprint density at radius 3 is 2.41 bits per heavy atom. The largest absolute Gasteiger partial charge is 0.349 e. The molecule has 2 fully saturated rings. The summed E-state index contributed by atoms with van der Waals surface area (Å²) in [6.07, 6.45) is 4.71. The highest BCUT2D eigenvalue weighted by atomic mass is 35.5. The Balaban J connectivity index is 1.52. The summed E-state index contributed by atoms with van der Waals surface area (Å²) >= 11 is 6.37. The smallest absolute Gasteiger partial charge is 0.264 e. The molecule has 2 aliphatic carbocycles. The number of amides is 1. The van der Waals surface area contributed by atoms with Crippen molar-refractivity contribution in [2.24, 2.45) is 11.8 Å². The lowest BCUT2D eigenvalue weighted by Crippen LogP contribution is -2.38. The minimum atomic E-state index is -3.71. The molecule has 2 saturated carbocycles. The van der Waals surface area contributed by atoms with Crippen molar-refractivity contribution >= 4 is 33.2 Å². The second-order valence-electron chi connectivity index (χ2n) is 8.20. The van der Waals surface area contributed by atoms with Crippen LogP contribution >= 0.6 is 11.6 Å². The first-order valence-corrected chi connectivity index (χ1v) is 11.7. The molecule has 0 radical (unpaired) electrons. The molecule has 7 heteroatoms. The lowest BCUT2D eigenvalue weighted by atomic mass is 9.95. The number of carbonyl (C=O) groups is 1. The van der Waals surface area contributed by atoms with Gasteiger partial charge in [0.2, 0.25) is 0 Å². The number of rotatable bonds is 5. The molecule has 2 aromatic carbocycles. The van der Waals surface area contributed by atoms with Crippen LogP contribution in [0.5, 0.6) is 0 Å². The summed E-state index contributed by atoms with van der Waals surface area (Å²) in [6, 6.07) is 11.7. The van der Waals surface area contributed by atoms with Gasteiger partial charge in [-0.1, -0.05) is 35.7 Å². The minimum Gasteiger partial charge on any atom is -0.349 e. The second-order valence-corrected chi connectivity index (χ2v) is 10.6. The lowest BCUT2D eigenvalue weighted by molar-refractivity contribution is 0.0923. The number of fused-ring (bicyclic) bond motifs is 2. The number of carbonyl (C=O) groups excluding carboxylic acids is 1. The summed E-state index contributed by atoms with van der Waals surface area (Å²) in [6.45, 7) is 1.90. The van der Waals surface area contributed by atoms with Crippen molar-refractivity contribution in [3.05, 3.63) is 58.6 Å². The van der Waals surface area contributed by atoms with Crippen LogP contribution in [0.4, 0.5) is 5.69 Å². The summed E-state index contributed by atoms with van der Waals surface area (Å²) in [7, 11) is -2.23. The van der Waals surface area contributed by atoms with E-state index < -0.39 is 10.0 Å². The molecule has 0 aromatic heterocycles. The highest BCUT2D eigenvalue weighted by Gasteiger charge is 2.40. The second kappa shape index (κ2) is 7.65. The number of aryl methyl sites for hydroxylation is 1. The van der Waals surface area contributed by atoms with Crippen molar-refractivity contribution in [2.45, 2.75) is 43.5 Å². The van der Waals surface area contributed by atoms with E-state index in [1.165, 1.54) is 36.7 Å². The number of nitrogens with zero attached hydrogens (tertiary/aromatic N) is 1. The predicted octanol–water partition coefficient (Wildman–Crippen LogP) is 4.39. The maximum Gasteiger partial charge on any atom is 0.264 e. The lowest BCUT2D eigenvalue weighted by Gasteiger charge is -2.23. The van der Waals surface area contributed by atoms with E-state index in [1.54, 1.807) is 36.4 Å². The third-order valence-corrected chi connectivity index (χ3v) is 8.41. The molecule has 29 heavy (non-hydrogen) atoms. The molecule has 1 amide bonds. The predicted molar refractivity (Wildman–Crippen MR) is 115 cm³/mol. The van der Waals surface area contributed by atoms with Crippen molar-refractivity contribution in [3.63, 3.8) is 0 Å². The van der Waals surface area contributed by atoms with E-state index >= 15 is 0 Å². The van der Waals surface area contributed by atoms with Crippen LogP contribution in [-0.2, 0) is 10.0 Å². The summed E-state index contributed by atoms with van der Waals surface area (Å²) < 4.78 is 26.9. The van der Waals surface area contributed by atoms with Gasteiger partial charge in [0, 0.05) is 13.1 Å². The molecule has 1 N–H and O–H groups in total. The molecular formula is C22H25ClN2O3S. The fourth-order valence-electron chi connectivity index (χ4n) is 4.56. The summed E-state index contributed by atoms with van der Waals surface area (Å²) in [5.74, 6) is 1.12. The number of hydrogen-bond donors (Lipinski definition) is 1. The third-order valence-electron chi connectivity index (χ3n) is 6.29. The zero-order valence-corrected chi connectivity index (χ0v) is 18.1. The molecule has 154 valence electrons. The highest BCUT2D eigenvalue weighted by Crippen LogP contribution is 2.44. The standard InChI is InChI=1S/C22H25ClN2O3S/c1-14-3-8-18(9-4-14)29(27,28)25(2)17-7-10-19(20(23)13-17)22(26)24-21-12-15-5-6-16(21)11-15/h3-4,7-10,13,15-16,21H,5-6,11-12H2,1-2H3,(H,24,26)/t15-,16-,21-/m1/s1. The Kier molecular flexibility index (Phi) is 5.34. The molecular weight excluding hydrogens is 408 g/mol. The van der Waals surface area contributed by atoms with E-state index in [0.29, 0.717) is 17.2 Å². The first kappa shape index (κ1) is 20.2. The molecule has 2 bridgehead atoms. The fourth-order valence-corrected chi connectivity index (χ4v) is 6.01. The Morgan fingerprint density at radius 2 is 1.83 bits per heavy atom. The SMILES string of the molecule is Cc1ccc(S(=O)(=O)N(C)c2ccc(C(=O)N[C@@H]3C[C@@H]4CC[C@@H]3C4)c(Cl)c2)cc1. The number of benzene rings is 2. The van der Waals surface area contributed by atoms with Crippen molar-refractivity contribution in [1.29, 1.82) is 0 Å². The molecule has 2 aromatic rings. The van der Waals surface area contributed by atoms with Crippen LogP contribution in [0.25, 0.3) is 0 Å². The Bertz CT molecular complexity index is 1040. The van der Waals surface area contributed by atoms with Gasteiger partial charge in [0.25, 0.3) is 15.9 Å². The van der Waals surface area contributed by atoms with Gasteiger partial charge in [-0.3, -0.25) is 9.10 Å². The maximum absolute atomic E-state index is 12.9. The average Bonchev–Trinajstić information content (AvgIpc) is 3.30. The van der Waals surface area contributed by atoms with Gasteiger partial charge < -0.3 is 5.32 Å². The van der Waals surface area contributed by atoms with Crippen molar-refractivity contribution in [2.75, 3.05) is 11.4 Å². The molecule has 0 saturated heterocycles. The number of sulfonamides is 1. The first-order chi connectivity index (χ1) is 13.8. The number of anilines is 1. The number of halogens is 1. The van der Waals surface area contributed by atoms with Crippen molar-refractivity contribution in [1.82, 2.24) is 5.32 Å². The minimum absolute atomic E-state index is 0.192. The van der Waals surface area contributed by atoms with Gasteiger partial charge in [-0.25, -0.2) is 8.42 Å². The van der Waals surface area contributed by atoms with E-state index in [1.807, 2.05) is 6.92 Å². The van der Waals surface area contributed by atoms with Gasteiger partial charge >= 0.3 is 0 Å². The van der Waals surface area contributed by atoms with Crippen molar-refractivity contribution in [3.8, 4) is 0 Å². The highest BCUT2D eigenvalue weighted by molar-refractivity contribution is 7.92. The zero-order chi connectivity index (χ0) is 20.8. The van der Waals surface area contributed by atoms with Crippen molar-refractivity contribution < 1.29 is 13.2 Å². The molecule has 0 heterocycles. The molecule has 5 nitrogen and oxygen atoms in total. The summed E-state index contributed by atoms with van der Waals surface area (Å²) in [5.41, 5.74) is 1.77. The van der Waals surface area contributed by atoms with E-state index in [2.05, 4.69) is 5.32 Å². The van der Waals surface area contributed by atoms with E-state index in [9.17, 15) is 13.2 Å². The third kappa shape index (κ3) is 3.88. The molecule has 4 rings (SSSR count). The Hall–Kier alpha value is -2.05. The van der Waals surface area contributed by atoms with Crippen LogP contribution in [0.15, 0.2) is 47.4 Å². The van der Waals surface area contributed by atoms with E-state index in [0.717, 1.165) is 17.9 Å². The molecule has 0 unspecified atom stereocenters. The van der Waals surface area contributed by atoms with Gasteiger partial charge in [-0.2, -0.15) is 0 Å². The topological polar surface area (TPSA) is 66.5 Å². The van der Waals surface area contributed by atoms with Gasteiger partial charge in [-0.15, -0.1) is 0 Å². The van der Waals surface area contributed by atoms with Crippen LogP contribution < -0.4 is 9.62 Å². The maximum atomic E-state index is 12.9. The van der Waals surface area contributed by atoms with Gasteiger partial charge in [0.15, 0.2) is 0 Å². The van der Waals surface area contributed by atoms with Gasteiger partial charge in [-0.05, 0) is 68.4 Å². The summed E-state index contributed by atoms with van der Waals surface area (Å²) in [5, 5.41) is 3.37. The molecule has 2 aliphatic rings. The molecule has 3 atom stereocenters. The molecule has 0 aliphatic heterocycles.